The molecule has 0 saturated heterocycles. The molecule has 0 bridgehead atoms. The van der Waals surface area contributed by atoms with Gasteiger partial charge in [-0.3, -0.25) is 4.79 Å². The Labute approximate surface area is 130 Å². The number of benzene rings is 1. The normalized spacial score (nSPS) is 10.8. The lowest BCUT2D eigenvalue weighted by Gasteiger charge is -2.09. The van der Waals surface area contributed by atoms with Gasteiger partial charge in [-0.25, -0.2) is 4.68 Å². The second-order valence-corrected chi connectivity index (χ2v) is 4.81. The van der Waals surface area contributed by atoms with Crippen LogP contribution in [0.2, 0.25) is 5.02 Å². The summed E-state index contributed by atoms with van der Waals surface area (Å²) in [5.74, 6) is -0.0822. The number of aromatic nitrogens is 2. The molecule has 1 aromatic heterocycles. The number of hydrogen-bond donors (Lipinski definition) is 1. The van der Waals surface area contributed by atoms with Crippen molar-refractivity contribution in [2.45, 2.75) is 19.9 Å². The van der Waals surface area contributed by atoms with E-state index in [9.17, 15) is 13.6 Å². The number of rotatable bonds is 6. The monoisotopic (exact) mass is 329 g/mol. The average Bonchev–Trinajstić information content (AvgIpc) is 2.96. The molecule has 0 radical (unpaired) electrons. The van der Waals surface area contributed by atoms with Crippen LogP contribution in [-0.4, -0.2) is 22.3 Å². The molecular weight excluding hydrogens is 316 g/mol. The molecule has 0 saturated carbocycles. The minimum Gasteiger partial charge on any atom is -0.492 e. The third kappa shape index (κ3) is 3.94. The Bertz CT molecular complexity index is 661. The van der Waals surface area contributed by atoms with Crippen LogP contribution in [0, 0.1) is 0 Å². The molecule has 22 heavy (non-hydrogen) atoms. The van der Waals surface area contributed by atoms with Gasteiger partial charge in [-0.2, -0.15) is 13.9 Å². The largest absolute Gasteiger partial charge is 0.492 e. The van der Waals surface area contributed by atoms with Crippen molar-refractivity contribution in [3.05, 3.63) is 41.2 Å². The van der Waals surface area contributed by atoms with E-state index in [1.54, 1.807) is 12.1 Å². The molecule has 8 heteroatoms. The van der Waals surface area contributed by atoms with Crippen LogP contribution in [0.25, 0.3) is 0 Å². The van der Waals surface area contributed by atoms with Crippen molar-refractivity contribution < 1.29 is 18.3 Å². The summed E-state index contributed by atoms with van der Waals surface area (Å²) in [7, 11) is 0. The Balaban J connectivity index is 2.06. The van der Waals surface area contributed by atoms with Crippen molar-refractivity contribution in [2.75, 3.05) is 11.9 Å². The van der Waals surface area contributed by atoms with Gasteiger partial charge in [-0.15, -0.1) is 0 Å². The highest BCUT2D eigenvalue weighted by Crippen LogP contribution is 2.28. The summed E-state index contributed by atoms with van der Waals surface area (Å²) in [6, 6.07) is 5.97. The molecule has 1 N–H and O–H groups in total. The Morgan fingerprint density at radius 3 is 2.82 bits per heavy atom. The molecular formula is C14H14ClF2N3O2. The standard InChI is InChI=1S/C14H14ClF2N3O2/c1-2-7-22-12-4-3-9(8-10(12)15)18-13(21)11-5-6-20(19-11)14(16)17/h3-6,8,14H,2,7H2,1H3,(H,18,21). The molecule has 0 aliphatic carbocycles. The Kier molecular flexibility index (Phi) is 5.32. The van der Waals surface area contributed by atoms with E-state index < -0.39 is 12.5 Å². The van der Waals surface area contributed by atoms with Gasteiger partial charge in [0, 0.05) is 11.9 Å². The maximum atomic E-state index is 12.4. The highest BCUT2D eigenvalue weighted by atomic mass is 35.5. The maximum absolute atomic E-state index is 12.4. The first-order chi connectivity index (χ1) is 10.5. The zero-order chi connectivity index (χ0) is 16.1. The van der Waals surface area contributed by atoms with Crippen LogP contribution < -0.4 is 10.1 Å². The van der Waals surface area contributed by atoms with Crippen molar-refractivity contribution >= 4 is 23.2 Å². The molecule has 1 aromatic carbocycles. The third-order valence-corrected chi connectivity index (χ3v) is 2.99. The average molecular weight is 330 g/mol. The van der Waals surface area contributed by atoms with Gasteiger partial charge in [0.05, 0.1) is 11.6 Å². The van der Waals surface area contributed by atoms with E-state index in [-0.39, 0.29) is 5.69 Å². The van der Waals surface area contributed by atoms with Gasteiger partial charge in [0.1, 0.15) is 5.75 Å². The van der Waals surface area contributed by atoms with Crippen LogP contribution in [0.3, 0.4) is 0 Å². The van der Waals surface area contributed by atoms with Crippen LogP contribution in [0.15, 0.2) is 30.5 Å². The van der Waals surface area contributed by atoms with Gasteiger partial charge in [-0.1, -0.05) is 18.5 Å². The molecule has 0 unspecified atom stereocenters. The van der Waals surface area contributed by atoms with E-state index in [0.29, 0.717) is 27.7 Å². The van der Waals surface area contributed by atoms with E-state index in [0.717, 1.165) is 12.6 Å². The zero-order valence-corrected chi connectivity index (χ0v) is 12.5. The van der Waals surface area contributed by atoms with Crippen molar-refractivity contribution in [3.63, 3.8) is 0 Å². The fourth-order valence-corrected chi connectivity index (χ4v) is 1.91. The number of carbonyl (C=O) groups excluding carboxylic acids is 1. The lowest BCUT2D eigenvalue weighted by Crippen LogP contribution is -2.13. The number of nitrogens with one attached hydrogen (secondary N) is 1. The quantitative estimate of drug-likeness (QED) is 0.872. The second-order valence-electron chi connectivity index (χ2n) is 4.41. The van der Waals surface area contributed by atoms with Crippen molar-refractivity contribution in [1.29, 1.82) is 0 Å². The molecule has 1 heterocycles. The zero-order valence-electron chi connectivity index (χ0n) is 11.7. The Hall–Kier alpha value is -2.15. The molecule has 0 atom stereocenters. The van der Waals surface area contributed by atoms with Gasteiger partial charge < -0.3 is 10.1 Å². The number of ether oxygens (including phenoxy) is 1. The van der Waals surface area contributed by atoms with Crippen LogP contribution >= 0.6 is 11.6 Å². The lowest BCUT2D eigenvalue weighted by molar-refractivity contribution is 0.0561. The minimum atomic E-state index is -2.79. The number of amides is 1. The number of anilines is 1. The smallest absolute Gasteiger partial charge is 0.333 e. The summed E-state index contributed by atoms with van der Waals surface area (Å²) < 4.78 is 30.6. The van der Waals surface area contributed by atoms with E-state index in [1.165, 1.54) is 12.1 Å². The molecule has 2 rings (SSSR count). The molecule has 5 nitrogen and oxygen atoms in total. The molecule has 0 aliphatic heterocycles. The summed E-state index contributed by atoms with van der Waals surface area (Å²) in [4.78, 5) is 11.9. The van der Waals surface area contributed by atoms with Crippen molar-refractivity contribution in [1.82, 2.24) is 9.78 Å². The second kappa shape index (κ2) is 7.22. The first-order valence-electron chi connectivity index (χ1n) is 6.58. The van der Waals surface area contributed by atoms with Crippen LogP contribution in [0.5, 0.6) is 5.75 Å². The number of nitrogens with zero attached hydrogens (tertiary/aromatic N) is 2. The van der Waals surface area contributed by atoms with Crippen molar-refractivity contribution in [2.24, 2.45) is 0 Å². The van der Waals surface area contributed by atoms with Gasteiger partial charge in [0.2, 0.25) is 0 Å². The third-order valence-electron chi connectivity index (χ3n) is 2.69. The first kappa shape index (κ1) is 16.2. The highest BCUT2D eigenvalue weighted by molar-refractivity contribution is 6.32. The number of halogens is 3. The topological polar surface area (TPSA) is 56.1 Å². The summed E-state index contributed by atoms with van der Waals surface area (Å²) in [5, 5.41) is 6.37. The summed E-state index contributed by atoms with van der Waals surface area (Å²) >= 11 is 6.05. The van der Waals surface area contributed by atoms with E-state index in [4.69, 9.17) is 16.3 Å². The summed E-state index contributed by atoms with van der Waals surface area (Å²) in [5.41, 5.74) is 0.313. The number of hydrogen-bond acceptors (Lipinski definition) is 3. The van der Waals surface area contributed by atoms with E-state index >= 15 is 0 Å². The first-order valence-corrected chi connectivity index (χ1v) is 6.96. The molecule has 0 spiro atoms. The van der Waals surface area contributed by atoms with Crippen LogP contribution in [-0.2, 0) is 0 Å². The van der Waals surface area contributed by atoms with Gasteiger partial charge >= 0.3 is 6.55 Å². The van der Waals surface area contributed by atoms with E-state index in [1.807, 2.05) is 6.92 Å². The maximum Gasteiger partial charge on any atom is 0.333 e. The molecule has 0 fully saturated rings. The number of carbonyl (C=O) groups is 1. The lowest BCUT2D eigenvalue weighted by atomic mass is 10.3. The van der Waals surface area contributed by atoms with Gasteiger partial charge in [-0.05, 0) is 30.7 Å². The fraction of sp³-hybridized carbons (Fsp3) is 0.286. The summed E-state index contributed by atoms with van der Waals surface area (Å²) in [6.45, 7) is -0.275. The predicted octanol–water partition coefficient (Wildman–Crippen LogP) is 3.97. The molecule has 2 aromatic rings. The highest BCUT2D eigenvalue weighted by Gasteiger charge is 2.14. The van der Waals surface area contributed by atoms with Gasteiger partial charge in [0.25, 0.3) is 5.91 Å². The van der Waals surface area contributed by atoms with Crippen molar-refractivity contribution in [3.8, 4) is 5.75 Å². The molecule has 1 amide bonds. The number of alkyl halides is 2. The predicted molar refractivity (Wildman–Crippen MR) is 78.7 cm³/mol. The van der Waals surface area contributed by atoms with E-state index in [2.05, 4.69) is 10.4 Å². The van der Waals surface area contributed by atoms with Gasteiger partial charge in [0.15, 0.2) is 5.69 Å². The Morgan fingerprint density at radius 2 is 2.23 bits per heavy atom. The van der Waals surface area contributed by atoms with Crippen LogP contribution in [0.1, 0.15) is 30.4 Å². The SMILES string of the molecule is CCCOc1ccc(NC(=O)c2ccn(C(F)F)n2)cc1Cl. The molecule has 118 valence electrons. The fourth-order valence-electron chi connectivity index (χ4n) is 1.67. The summed E-state index contributed by atoms with van der Waals surface area (Å²) in [6.07, 6.45) is 1.88. The van der Waals surface area contributed by atoms with Crippen LogP contribution in [0.4, 0.5) is 14.5 Å². The Morgan fingerprint density at radius 1 is 1.45 bits per heavy atom. The minimum absolute atomic E-state index is 0.109. The molecule has 0 aliphatic rings.